The molecule has 1 heterocycles. The number of rotatable bonds is 2. The van der Waals surface area contributed by atoms with Crippen molar-refractivity contribution in [3.05, 3.63) is 11.1 Å². The maximum Gasteiger partial charge on any atom is 0.334 e. The van der Waals surface area contributed by atoms with Crippen LogP contribution in [0.5, 0.6) is 0 Å². The van der Waals surface area contributed by atoms with Gasteiger partial charge in [-0.3, -0.25) is 9.59 Å². The van der Waals surface area contributed by atoms with Crippen molar-refractivity contribution < 1.29 is 28.6 Å². The molecule has 1 aliphatic heterocycles. The molecule has 0 aromatic heterocycles. The molecule has 0 aromatic carbocycles. The molecule has 18 heavy (non-hydrogen) atoms. The third-order valence-corrected chi connectivity index (χ3v) is 3.79. The van der Waals surface area contributed by atoms with Crippen LogP contribution >= 0.6 is 0 Å². The molecule has 6 heteroatoms. The maximum absolute atomic E-state index is 11.9. The minimum atomic E-state index is -1.03. The second kappa shape index (κ2) is 4.12. The Labute approximate surface area is 104 Å². The Morgan fingerprint density at radius 3 is 2.44 bits per heavy atom. The number of carbonyl (C=O) groups is 3. The van der Waals surface area contributed by atoms with Gasteiger partial charge >= 0.3 is 17.9 Å². The van der Waals surface area contributed by atoms with Crippen LogP contribution in [0.4, 0.5) is 0 Å². The van der Waals surface area contributed by atoms with Crippen molar-refractivity contribution in [2.45, 2.75) is 13.3 Å². The molecule has 2 aliphatic rings. The summed E-state index contributed by atoms with van der Waals surface area (Å²) in [7, 11) is 2.45. The highest BCUT2D eigenvalue weighted by molar-refractivity contribution is 6.06. The van der Waals surface area contributed by atoms with Crippen molar-refractivity contribution in [2.75, 3.05) is 20.8 Å². The van der Waals surface area contributed by atoms with Crippen molar-refractivity contribution in [1.82, 2.24) is 0 Å². The van der Waals surface area contributed by atoms with Gasteiger partial charge in [0.15, 0.2) is 0 Å². The summed E-state index contributed by atoms with van der Waals surface area (Å²) < 4.78 is 14.2. The van der Waals surface area contributed by atoms with Crippen LogP contribution in [-0.4, -0.2) is 38.7 Å². The number of methoxy groups -OCH3 is 2. The lowest BCUT2D eigenvalue weighted by molar-refractivity contribution is -0.161. The van der Waals surface area contributed by atoms with E-state index in [4.69, 9.17) is 4.74 Å². The molecule has 1 saturated heterocycles. The second-order valence-corrected chi connectivity index (χ2v) is 4.34. The zero-order valence-corrected chi connectivity index (χ0v) is 10.4. The summed E-state index contributed by atoms with van der Waals surface area (Å²) in [6.45, 7) is 1.90. The lowest BCUT2D eigenvalue weighted by atomic mass is 9.55. The fourth-order valence-corrected chi connectivity index (χ4v) is 2.80. The van der Waals surface area contributed by atoms with Crippen LogP contribution in [0.15, 0.2) is 11.1 Å². The van der Waals surface area contributed by atoms with Crippen LogP contribution in [0.25, 0.3) is 0 Å². The molecule has 2 unspecified atom stereocenters. The van der Waals surface area contributed by atoms with E-state index in [1.165, 1.54) is 14.2 Å². The predicted molar refractivity (Wildman–Crippen MR) is 58.2 cm³/mol. The quantitative estimate of drug-likeness (QED) is 0.518. The highest BCUT2D eigenvalue weighted by Crippen LogP contribution is 2.57. The van der Waals surface area contributed by atoms with Gasteiger partial charge in [-0.15, -0.1) is 0 Å². The first-order chi connectivity index (χ1) is 8.50. The molecule has 0 N–H and O–H groups in total. The molecule has 0 radical (unpaired) electrons. The molecular formula is C12H14O6. The van der Waals surface area contributed by atoms with Crippen molar-refractivity contribution >= 4 is 17.9 Å². The number of esters is 3. The molecule has 2 rings (SSSR count). The first kappa shape index (κ1) is 12.6. The Hall–Kier alpha value is -1.85. The van der Waals surface area contributed by atoms with Gasteiger partial charge in [-0.05, 0) is 12.5 Å². The smallest absolute Gasteiger partial charge is 0.334 e. The molecule has 1 fully saturated rings. The minimum absolute atomic E-state index is 0.211. The Balaban J connectivity index is 2.49. The summed E-state index contributed by atoms with van der Waals surface area (Å²) in [5.41, 5.74) is -0.271. The lowest BCUT2D eigenvalue weighted by Crippen LogP contribution is -2.52. The Bertz CT molecular complexity index is 463. The molecule has 2 atom stereocenters. The summed E-state index contributed by atoms with van der Waals surface area (Å²) in [4.78, 5) is 35.3. The van der Waals surface area contributed by atoms with Crippen LogP contribution < -0.4 is 0 Å². The van der Waals surface area contributed by atoms with Gasteiger partial charge in [0.1, 0.15) is 11.3 Å². The van der Waals surface area contributed by atoms with E-state index in [-0.39, 0.29) is 12.2 Å². The molecule has 0 aromatic rings. The van der Waals surface area contributed by atoms with Crippen LogP contribution in [-0.2, 0) is 28.6 Å². The van der Waals surface area contributed by atoms with Gasteiger partial charge in [-0.1, -0.05) is 0 Å². The summed E-state index contributed by atoms with van der Waals surface area (Å²) in [5.74, 6) is -2.60. The summed E-state index contributed by atoms with van der Waals surface area (Å²) in [6.07, 6.45) is 0.387. The van der Waals surface area contributed by atoms with E-state index < -0.39 is 29.2 Å². The second-order valence-electron chi connectivity index (χ2n) is 4.34. The van der Waals surface area contributed by atoms with E-state index in [1.54, 1.807) is 6.92 Å². The van der Waals surface area contributed by atoms with Crippen molar-refractivity contribution in [1.29, 1.82) is 0 Å². The highest BCUT2D eigenvalue weighted by atomic mass is 16.5. The van der Waals surface area contributed by atoms with Crippen LogP contribution in [0.3, 0.4) is 0 Å². The van der Waals surface area contributed by atoms with E-state index in [0.29, 0.717) is 12.0 Å². The van der Waals surface area contributed by atoms with Crippen molar-refractivity contribution in [2.24, 2.45) is 11.3 Å². The van der Waals surface area contributed by atoms with Gasteiger partial charge in [-0.25, -0.2) is 4.79 Å². The molecular weight excluding hydrogens is 240 g/mol. The summed E-state index contributed by atoms with van der Waals surface area (Å²) >= 11 is 0. The fourth-order valence-electron chi connectivity index (χ4n) is 2.80. The van der Waals surface area contributed by atoms with Gasteiger partial charge in [-0.2, -0.15) is 0 Å². The van der Waals surface area contributed by atoms with E-state index >= 15 is 0 Å². The van der Waals surface area contributed by atoms with Crippen LogP contribution in [0, 0.1) is 11.3 Å². The minimum Gasteiger partial charge on any atom is -0.469 e. The topological polar surface area (TPSA) is 78.9 Å². The number of hydrogen-bond donors (Lipinski definition) is 0. The van der Waals surface area contributed by atoms with Crippen LogP contribution in [0.1, 0.15) is 13.3 Å². The highest BCUT2D eigenvalue weighted by Gasteiger charge is 2.65. The standard InChI is InChI=1S/C12H14O6/c1-6-7(9(13)16-2)8(10(14)17-3)12(6)4-5-18-11(12)15/h8H,4-5H2,1-3H3. The summed E-state index contributed by atoms with van der Waals surface area (Å²) in [5, 5.41) is 0. The third kappa shape index (κ3) is 1.31. The van der Waals surface area contributed by atoms with Crippen LogP contribution in [0.2, 0.25) is 0 Å². The molecule has 6 nitrogen and oxygen atoms in total. The van der Waals surface area contributed by atoms with Gasteiger partial charge in [0, 0.05) is 6.42 Å². The van der Waals surface area contributed by atoms with Crippen molar-refractivity contribution in [3.63, 3.8) is 0 Å². The SMILES string of the molecule is COC(=O)C1=C(C)C2(CCOC2=O)C1C(=O)OC. The zero-order chi connectivity index (χ0) is 13.5. The molecule has 0 amide bonds. The average molecular weight is 254 g/mol. The zero-order valence-electron chi connectivity index (χ0n) is 10.4. The Kier molecular flexibility index (Phi) is 2.88. The fraction of sp³-hybridized carbons (Fsp3) is 0.583. The van der Waals surface area contributed by atoms with E-state index in [9.17, 15) is 14.4 Å². The number of ether oxygens (including phenoxy) is 3. The van der Waals surface area contributed by atoms with Gasteiger partial charge in [0.25, 0.3) is 0 Å². The van der Waals surface area contributed by atoms with Gasteiger partial charge in [0.2, 0.25) is 0 Å². The van der Waals surface area contributed by atoms with E-state index in [0.717, 1.165) is 0 Å². The number of hydrogen-bond acceptors (Lipinski definition) is 6. The molecule has 0 bridgehead atoms. The predicted octanol–water partition coefficient (Wildman–Crippen LogP) is 0.212. The Morgan fingerprint density at radius 2 is 2.00 bits per heavy atom. The van der Waals surface area contributed by atoms with Gasteiger partial charge < -0.3 is 14.2 Å². The first-order valence-electron chi connectivity index (χ1n) is 5.55. The average Bonchev–Trinajstić information content (AvgIpc) is 2.77. The lowest BCUT2D eigenvalue weighted by Gasteiger charge is -2.43. The molecule has 1 spiro atoms. The molecule has 98 valence electrons. The van der Waals surface area contributed by atoms with E-state index in [1.807, 2.05) is 0 Å². The molecule has 0 saturated carbocycles. The largest absolute Gasteiger partial charge is 0.469 e. The number of carbonyl (C=O) groups excluding carboxylic acids is 3. The maximum atomic E-state index is 11.9. The summed E-state index contributed by atoms with van der Waals surface area (Å²) in [6, 6.07) is 0. The van der Waals surface area contributed by atoms with Gasteiger partial charge in [0.05, 0.1) is 26.4 Å². The van der Waals surface area contributed by atoms with Crippen molar-refractivity contribution in [3.8, 4) is 0 Å². The Morgan fingerprint density at radius 1 is 1.33 bits per heavy atom. The monoisotopic (exact) mass is 254 g/mol. The molecule has 1 aliphatic carbocycles. The normalized spacial score (nSPS) is 29.9. The van der Waals surface area contributed by atoms with E-state index in [2.05, 4.69) is 9.47 Å². The first-order valence-corrected chi connectivity index (χ1v) is 5.55. The number of cyclic esters (lactones) is 1. The third-order valence-electron chi connectivity index (χ3n) is 3.79.